The molecule has 1 unspecified atom stereocenters. The standard InChI is InChI=1S/C21H18N4O5/c1-3-30-21(27)13-7-9-15(10-8-13)24-19(14-5-4-6-16(11-14)25(28)29)17-12(2)22-23-18(17)20(24)26/h4-11,19H,3H2,1-2H3,(H,22,23). The molecule has 1 aliphatic heterocycles. The molecule has 0 saturated heterocycles. The number of aromatic amines is 1. The third-order valence-electron chi connectivity index (χ3n) is 5.00. The number of aromatic nitrogens is 2. The second-order valence-corrected chi connectivity index (χ2v) is 6.81. The zero-order chi connectivity index (χ0) is 21.4. The summed E-state index contributed by atoms with van der Waals surface area (Å²) in [6, 6.07) is 12.1. The van der Waals surface area contributed by atoms with Gasteiger partial charge in [-0.2, -0.15) is 5.10 Å². The lowest BCUT2D eigenvalue weighted by atomic mass is 9.98. The monoisotopic (exact) mass is 406 g/mol. The zero-order valence-electron chi connectivity index (χ0n) is 16.3. The normalized spacial score (nSPS) is 15.2. The molecule has 1 N–H and O–H groups in total. The summed E-state index contributed by atoms with van der Waals surface area (Å²) in [5.74, 6) is -0.772. The number of hydrogen-bond donors (Lipinski definition) is 1. The molecule has 30 heavy (non-hydrogen) atoms. The molecule has 0 radical (unpaired) electrons. The lowest BCUT2D eigenvalue weighted by Gasteiger charge is -2.26. The van der Waals surface area contributed by atoms with Gasteiger partial charge in [0.2, 0.25) is 0 Å². The SMILES string of the molecule is CCOC(=O)c1ccc(N2C(=O)c3n[nH]c(C)c3C2c2cccc([N+](=O)[O-])c2)cc1. The summed E-state index contributed by atoms with van der Waals surface area (Å²) < 4.78 is 5.00. The van der Waals surface area contributed by atoms with Crippen molar-refractivity contribution >= 4 is 23.3 Å². The van der Waals surface area contributed by atoms with Crippen molar-refractivity contribution in [3.05, 3.63) is 86.7 Å². The van der Waals surface area contributed by atoms with Crippen LogP contribution in [-0.2, 0) is 4.74 Å². The van der Waals surface area contributed by atoms with E-state index in [1.165, 1.54) is 17.0 Å². The topological polar surface area (TPSA) is 118 Å². The molecule has 0 saturated carbocycles. The fourth-order valence-corrected chi connectivity index (χ4v) is 3.66. The molecular weight excluding hydrogens is 388 g/mol. The number of carbonyl (C=O) groups is 2. The molecular formula is C21H18N4O5. The van der Waals surface area contributed by atoms with Crippen LogP contribution in [0.5, 0.6) is 0 Å². The molecule has 4 rings (SSSR count). The molecule has 1 amide bonds. The van der Waals surface area contributed by atoms with Crippen LogP contribution in [0.4, 0.5) is 11.4 Å². The number of benzene rings is 2. The molecule has 2 heterocycles. The number of carbonyl (C=O) groups excluding carboxylic acids is 2. The average molecular weight is 406 g/mol. The van der Waals surface area contributed by atoms with Crippen LogP contribution in [0, 0.1) is 17.0 Å². The Balaban J connectivity index is 1.80. The van der Waals surface area contributed by atoms with Crippen molar-refractivity contribution in [1.82, 2.24) is 10.2 Å². The highest BCUT2D eigenvalue weighted by atomic mass is 16.6. The van der Waals surface area contributed by atoms with Crippen LogP contribution in [-0.4, -0.2) is 33.6 Å². The summed E-state index contributed by atoms with van der Waals surface area (Å²) in [4.78, 5) is 37.4. The van der Waals surface area contributed by atoms with Crippen LogP contribution in [0.25, 0.3) is 0 Å². The molecule has 9 nitrogen and oxygen atoms in total. The van der Waals surface area contributed by atoms with E-state index in [1.54, 1.807) is 50.2 Å². The lowest BCUT2D eigenvalue weighted by Crippen LogP contribution is -2.29. The summed E-state index contributed by atoms with van der Waals surface area (Å²) >= 11 is 0. The van der Waals surface area contributed by atoms with Gasteiger partial charge in [0, 0.05) is 29.1 Å². The molecule has 152 valence electrons. The number of ether oxygens (including phenoxy) is 1. The van der Waals surface area contributed by atoms with Gasteiger partial charge in [0.15, 0.2) is 5.69 Å². The molecule has 1 aliphatic rings. The molecule has 0 bridgehead atoms. The highest BCUT2D eigenvalue weighted by Crippen LogP contribution is 2.42. The van der Waals surface area contributed by atoms with Gasteiger partial charge in [0.25, 0.3) is 11.6 Å². The third kappa shape index (κ3) is 3.10. The smallest absolute Gasteiger partial charge is 0.338 e. The quantitative estimate of drug-likeness (QED) is 0.393. The molecule has 0 fully saturated rings. The fourth-order valence-electron chi connectivity index (χ4n) is 3.66. The van der Waals surface area contributed by atoms with Crippen molar-refractivity contribution in [1.29, 1.82) is 0 Å². The predicted molar refractivity (Wildman–Crippen MR) is 107 cm³/mol. The number of nitro groups is 1. The molecule has 0 spiro atoms. The van der Waals surface area contributed by atoms with Crippen LogP contribution >= 0.6 is 0 Å². The van der Waals surface area contributed by atoms with E-state index in [1.807, 2.05) is 0 Å². The number of aryl methyl sites for hydroxylation is 1. The Morgan fingerprint density at radius 2 is 2.00 bits per heavy atom. The second-order valence-electron chi connectivity index (χ2n) is 6.81. The highest BCUT2D eigenvalue weighted by molar-refractivity contribution is 6.10. The number of amides is 1. The Kier molecular flexibility index (Phi) is 4.78. The Labute approximate surface area is 171 Å². The summed E-state index contributed by atoms with van der Waals surface area (Å²) in [5.41, 5.74) is 3.10. The van der Waals surface area contributed by atoms with E-state index in [9.17, 15) is 19.7 Å². The van der Waals surface area contributed by atoms with Gasteiger partial charge in [0.1, 0.15) is 0 Å². The number of anilines is 1. The Hall–Kier alpha value is -4.01. The average Bonchev–Trinajstić information content (AvgIpc) is 3.26. The number of esters is 1. The Morgan fingerprint density at radius 1 is 1.27 bits per heavy atom. The van der Waals surface area contributed by atoms with Crippen LogP contribution in [0.3, 0.4) is 0 Å². The minimum atomic E-state index is -0.584. The summed E-state index contributed by atoms with van der Waals surface area (Å²) in [7, 11) is 0. The number of rotatable bonds is 5. The fraction of sp³-hybridized carbons (Fsp3) is 0.190. The molecule has 2 aromatic carbocycles. The van der Waals surface area contributed by atoms with E-state index in [-0.39, 0.29) is 23.9 Å². The molecule has 9 heteroatoms. The van der Waals surface area contributed by atoms with Crippen LogP contribution in [0.2, 0.25) is 0 Å². The Bertz CT molecular complexity index is 1150. The first-order valence-corrected chi connectivity index (χ1v) is 9.32. The van der Waals surface area contributed by atoms with Gasteiger partial charge in [-0.15, -0.1) is 0 Å². The minimum absolute atomic E-state index is 0.0628. The first kappa shape index (κ1) is 19.3. The van der Waals surface area contributed by atoms with Gasteiger partial charge in [-0.05, 0) is 43.7 Å². The van der Waals surface area contributed by atoms with E-state index < -0.39 is 16.9 Å². The maximum Gasteiger partial charge on any atom is 0.338 e. The number of nitro benzene ring substituents is 1. The van der Waals surface area contributed by atoms with E-state index in [2.05, 4.69) is 10.2 Å². The number of non-ortho nitro benzene ring substituents is 1. The number of hydrogen-bond acceptors (Lipinski definition) is 6. The summed E-state index contributed by atoms with van der Waals surface area (Å²) in [6.07, 6.45) is 0. The van der Waals surface area contributed by atoms with E-state index in [0.29, 0.717) is 28.1 Å². The van der Waals surface area contributed by atoms with Crippen molar-refractivity contribution in [3.8, 4) is 0 Å². The van der Waals surface area contributed by atoms with Crippen molar-refractivity contribution in [3.63, 3.8) is 0 Å². The molecule has 3 aromatic rings. The molecule has 1 aromatic heterocycles. The summed E-state index contributed by atoms with van der Waals surface area (Å²) in [5, 5.41) is 18.2. The first-order valence-electron chi connectivity index (χ1n) is 9.32. The van der Waals surface area contributed by atoms with Gasteiger partial charge in [-0.3, -0.25) is 24.9 Å². The number of H-pyrrole nitrogens is 1. The van der Waals surface area contributed by atoms with Crippen LogP contribution < -0.4 is 4.90 Å². The van der Waals surface area contributed by atoms with E-state index in [0.717, 1.165) is 0 Å². The Morgan fingerprint density at radius 3 is 2.67 bits per heavy atom. The number of nitrogens with one attached hydrogen (secondary N) is 1. The van der Waals surface area contributed by atoms with Crippen molar-refractivity contribution in [2.75, 3.05) is 11.5 Å². The molecule has 1 atom stereocenters. The second kappa shape index (κ2) is 7.43. The maximum atomic E-state index is 13.2. The van der Waals surface area contributed by atoms with Crippen LogP contribution in [0.15, 0.2) is 48.5 Å². The zero-order valence-corrected chi connectivity index (χ0v) is 16.3. The van der Waals surface area contributed by atoms with E-state index in [4.69, 9.17) is 4.74 Å². The molecule has 0 aliphatic carbocycles. The third-order valence-corrected chi connectivity index (χ3v) is 5.00. The van der Waals surface area contributed by atoms with Gasteiger partial charge in [-0.25, -0.2) is 4.79 Å². The largest absolute Gasteiger partial charge is 0.462 e. The number of fused-ring (bicyclic) bond motifs is 1. The predicted octanol–water partition coefficient (Wildman–Crippen LogP) is 3.55. The van der Waals surface area contributed by atoms with Gasteiger partial charge in [-0.1, -0.05) is 12.1 Å². The van der Waals surface area contributed by atoms with Crippen molar-refractivity contribution in [2.24, 2.45) is 0 Å². The minimum Gasteiger partial charge on any atom is -0.462 e. The van der Waals surface area contributed by atoms with Crippen molar-refractivity contribution in [2.45, 2.75) is 19.9 Å². The van der Waals surface area contributed by atoms with Gasteiger partial charge in [0.05, 0.1) is 23.1 Å². The lowest BCUT2D eigenvalue weighted by molar-refractivity contribution is -0.384. The first-order chi connectivity index (χ1) is 14.4. The highest BCUT2D eigenvalue weighted by Gasteiger charge is 2.42. The van der Waals surface area contributed by atoms with Gasteiger partial charge < -0.3 is 4.74 Å². The number of nitrogens with zero attached hydrogens (tertiary/aromatic N) is 3. The van der Waals surface area contributed by atoms with Crippen LogP contribution in [0.1, 0.15) is 50.6 Å². The van der Waals surface area contributed by atoms with E-state index >= 15 is 0 Å². The van der Waals surface area contributed by atoms with Gasteiger partial charge >= 0.3 is 5.97 Å². The maximum absolute atomic E-state index is 13.2. The summed E-state index contributed by atoms with van der Waals surface area (Å²) in [6.45, 7) is 3.79. The van der Waals surface area contributed by atoms with Crippen molar-refractivity contribution < 1.29 is 19.2 Å².